The molecular weight excluding hydrogens is 238 g/mol. The molecule has 0 saturated heterocycles. The first-order chi connectivity index (χ1) is 8.25. The molecule has 17 heavy (non-hydrogen) atoms. The van der Waals surface area contributed by atoms with Crippen molar-refractivity contribution in [1.82, 2.24) is 15.0 Å². The predicted molar refractivity (Wildman–Crippen MR) is 61.8 cm³/mol. The number of aryl methyl sites for hydroxylation is 1. The minimum Gasteiger partial charge on any atom is -0.481 e. The molecule has 1 atom stereocenters. The average molecular weight is 247 g/mol. The lowest BCUT2D eigenvalue weighted by atomic mass is 10.1. The molecule has 0 saturated carbocycles. The molecule has 2 aromatic rings. The molecule has 1 N–H and O–H groups in total. The summed E-state index contributed by atoms with van der Waals surface area (Å²) in [6.07, 6.45) is 4.59. The largest absolute Gasteiger partial charge is 0.481 e. The van der Waals surface area contributed by atoms with Gasteiger partial charge in [0.15, 0.2) is 0 Å². The van der Waals surface area contributed by atoms with E-state index in [1.54, 1.807) is 12.3 Å². The van der Waals surface area contributed by atoms with Crippen LogP contribution in [0.25, 0.3) is 10.7 Å². The van der Waals surface area contributed by atoms with E-state index in [0.717, 1.165) is 27.7 Å². The van der Waals surface area contributed by atoms with Crippen LogP contribution in [0.4, 0.5) is 0 Å². The Hall–Kier alpha value is -1.82. The molecule has 1 unspecified atom stereocenters. The third-order valence-corrected chi connectivity index (χ3v) is 3.97. The molecule has 6 heteroatoms. The van der Waals surface area contributed by atoms with E-state index in [2.05, 4.69) is 15.0 Å². The fourth-order valence-corrected chi connectivity index (χ4v) is 3.11. The van der Waals surface area contributed by atoms with E-state index >= 15 is 0 Å². The maximum Gasteiger partial charge on any atom is 0.312 e. The van der Waals surface area contributed by atoms with E-state index < -0.39 is 11.9 Å². The maximum atomic E-state index is 11.0. The number of carboxylic acid groups (broad SMARTS) is 1. The van der Waals surface area contributed by atoms with Crippen molar-refractivity contribution in [2.24, 2.45) is 0 Å². The first-order valence-corrected chi connectivity index (χ1v) is 6.06. The number of rotatable bonds is 2. The number of nitrogens with zero attached hydrogens (tertiary/aromatic N) is 3. The van der Waals surface area contributed by atoms with E-state index in [1.165, 1.54) is 17.7 Å². The number of hydrogen-bond acceptors (Lipinski definition) is 5. The van der Waals surface area contributed by atoms with Gasteiger partial charge in [-0.2, -0.15) is 0 Å². The summed E-state index contributed by atoms with van der Waals surface area (Å²) in [6, 6.07) is 1.78. The van der Waals surface area contributed by atoms with Crippen LogP contribution in [0.2, 0.25) is 0 Å². The fraction of sp³-hybridized carbons (Fsp3) is 0.273. The molecule has 0 aromatic carbocycles. The minimum atomic E-state index is -0.789. The van der Waals surface area contributed by atoms with E-state index in [-0.39, 0.29) is 0 Å². The van der Waals surface area contributed by atoms with Gasteiger partial charge in [0, 0.05) is 11.1 Å². The highest BCUT2D eigenvalue weighted by Gasteiger charge is 2.32. The van der Waals surface area contributed by atoms with Crippen molar-refractivity contribution in [3.8, 4) is 10.7 Å². The zero-order valence-corrected chi connectivity index (χ0v) is 9.65. The first-order valence-electron chi connectivity index (χ1n) is 5.24. The van der Waals surface area contributed by atoms with E-state index in [0.29, 0.717) is 6.42 Å². The molecule has 0 amide bonds. The van der Waals surface area contributed by atoms with Gasteiger partial charge < -0.3 is 5.11 Å². The summed E-state index contributed by atoms with van der Waals surface area (Å²) in [5.41, 5.74) is 1.47. The van der Waals surface area contributed by atoms with Gasteiger partial charge in [-0.3, -0.25) is 4.79 Å². The van der Waals surface area contributed by atoms with Crippen LogP contribution in [0.15, 0.2) is 18.6 Å². The van der Waals surface area contributed by atoms with Crippen molar-refractivity contribution in [1.29, 1.82) is 0 Å². The number of aliphatic carboxylic acids is 1. The Kier molecular flexibility index (Phi) is 2.36. The predicted octanol–water partition coefficient (Wildman–Crippen LogP) is 1.71. The Labute approximate surface area is 101 Å². The van der Waals surface area contributed by atoms with Crippen molar-refractivity contribution in [3.63, 3.8) is 0 Å². The van der Waals surface area contributed by atoms with Crippen molar-refractivity contribution < 1.29 is 9.90 Å². The van der Waals surface area contributed by atoms with Crippen LogP contribution in [-0.4, -0.2) is 26.0 Å². The molecular formula is C11H9N3O2S. The minimum absolute atomic E-state index is 0.447. The first kappa shape index (κ1) is 10.3. The zero-order chi connectivity index (χ0) is 11.8. The Balaban J connectivity index is 2.02. The molecule has 2 heterocycles. The van der Waals surface area contributed by atoms with Gasteiger partial charge in [0.05, 0.1) is 5.69 Å². The average Bonchev–Trinajstić information content (AvgIpc) is 2.88. The second-order valence-corrected chi connectivity index (χ2v) is 4.94. The van der Waals surface area contributed by atoms with Crippen molar-refractivity contribution in [2.45, 2.75) is 18.8 Å². The number of carboxylic acids is 1. The molecule has 1 aliphatic rings. The summed E-state index contributed by atoms with van der Waals surface area (Å²) in [4.78, 5) is 24.5. The smallest absolute Gasteiger partial charge is 0.312 e. The topological polar surface area (TPSA) is 76.0 Å². The van der Waals surface area contributed by atoms with Gasteiger partial charge in [-0.1, -0.05) is 0 Å². The number of aromatic nitrogens is 3. The summed E-state index contributed by atoms with van der Waals surface area (Å²) in [5, 5.41) is 9.86. The van der Waals surface area contributed by atoms with Crippen molar-refractivity contribution >= 4 is 17.3 Å². The van der Waals surface area contributed by atoms with Gasteiger partial charge >= 0.3 is 5.97 Å². The third-order valence-electron chi connectivity index (χ3n) is 2.82. The van der Waals surface area contributed by atoms with Crippen LogP contribution in [-0.2, 0) is 11.2 Å². The molecule has 0 spiro atoms. The van der Waals surface area contributed by atoms with Gasteiger partial charge in [0.1, 0.15) is 22.9 Å². The summed E-state index contributed by atoms with van der Waals surface area (Å²) < 4.78 is 0. The quantitative estimate of drug-likeness (QED) is 0.874. The summed E-state index contributed by atoms with van der Waals surface area (Å²) in [7, 11) is 0. The zero-order valence-electron chi connectivity index (χ0n) is 8.83. The van der Waals surface area contributed by atoms with E-state index in [9.17, 15) is 4.79 Å². The SMILES string of the molecule is O=C(O)C1CCc2sc(-c3ccncn3)nc21. The highest BCUT2D eigenvalue weighted by Crippen LogP contribution is 2.39. The molecule has 0 fully saturated rings. The van der Waals surface area contributed by atoms with Gasteiger partial charge in [-0.25, -0.2) is 15.0 Å². The Bertz CT molecular complexity index is 567. The molecule has 5 nitrogen and oxygen atoms in total. The van der Waals surface area contributed by atoms with Gasteiger partial charge in [0.2, 0.25) is 0 Å². The lowest BCUT2D eigenvalue weighted by Gasteiger charge is -2.01. The van der Waals surface area contributed by atoms with Gasteiger partial charge in [-0.15, -0.1) is 11.3 Å². The molecule has 2 aromatic heterocycles. The lowest BCUT2D eigenvalue weighted by Crippen LogP contribution is -2.08. The number of fused-ring (bicyclic) bond motifs is 1. The Morgan fingerprint density at radius 3 is 3.12 bits per heavy atom. The second kappa shape index (κ2) is 3.89. The molecule has 3 rings (SSSR count). The van der Waals surface area contributed by atoms with E-state index in [4.69, 9.17) is 5.11 Å². The van der Waals surface area contributed by atoms with Gasteiger partial charge in [-0.05, 0) is 18.9 Å². The number of thiazole rings is 1. The van der Waals surface area contributed by atoms with Crippen LogP contribution in [0, 0.1) is 0 Å². The monoisotopic (exact) mass is 247 g/mol. The molecule has 1 aliphatic carbocycles. The van der Waals surface area contributed by atoms with Crippen molar-refractivity contribution in [2.75, 3.05) is 0 Å². The maximum absolute atomic E-state index is 11.0. The molecule has 86 valence electrons. The highest BCUT2D eigenvalue weighted by molar-refractivity contribution is 7.15. The molecule has 0 bridgehead atoms. The van der Waals surface area contributed by atoms with E-state index in [1.807, 2.05) is 0 Å². The summed E-state index contributed by atoms with van der Waals surface area (Å²) in [6.45, 7) is 0. The van der Waals surface area contributed by atoms with Crippen molar-refractivity contribution in [3.05, 3.63) is 29.2 Å². The van der Waals surface area contributed by atoms with Crippen LogP contribution >= 0.6 is 11.3 Å². The van der Waals surface area contributed by atoms with Crippen LogP contribution < -0.4 is 0 Å². The number of carbonyl (C=O) groups is 1. The fourth-order valence-electron chi connectivity index (χ4n) is 1.99. The molecule has 0 aliphatic heterocycles. The van der Waals surface area contributed by atoms with Gasteiger partial charge in [0.25, 0.3) is 0 Å². The second-order valence-electron chi connectivity index (χ2n) is 3.85. The highest BCUT2D eigenvalue weighted by atomic mass is 32.1. The summed E-state index contributed by atoms with van der Waals surface area (Å²) >= 11 is 1.53. The van der Waals surface area contributed by atoms with Crippen LogP contribution in [0.1, 0.15) is 22.9 Å². The standard InChI is InChI=1S/C11H9N3O2S/c15-11(16)6-1-2-8-9(6)14-10(17-8)7-3-4-12-5-13-7/h3-6H,1-2H2,(H,15,16). The Morgan fingerprint density at radius 2 is 2.41 bits per heavy atom. The normalized spacial score (nSPS) is 18.0. The number of hydrogen-bond donors (Lipinski definition) is 1. The van der Waals surface area contributed by atoms with Crippen LogP contribution in [0.5, 0.6) is 0 Å². The molecule has 0 radical (unpaired) electrons. The lowest BCUT2D eigenvalue weighted by molar-refractivity contribution is -0.138. The summed E-state index contributed by atoms with van der Waals surface area (Å²) in [5.74, 6) is -1.24. The van der Waals surface area contributed by atoms with Crippen LogP contribution in [0.3, 0.4) is 0 Å². The third kappa shape index (κ3) is 1.70. The Morgan fingerprint density at radius 1 is 1.53 bits per heavy atom.